The summed E-state index contributed by atoms with van der Waals surface area (Å²) in [6.45, 7) is -0.152. The largest absolute Gasteiger partial charge is 0.390 e. The van der Waals surface area contributed by atoms with Crippen LogP contribution in [0.2, 0.25) is 0 Å². The Morgan fingerprint density at radius 3 is 2.94 bits per heavy atom. The molecule has 2 rings (SSSR count). The Hall–Kier alpha value is -2.01. The van der Waals surface area contributed by atoms with Crippen LogP contribution in [0.3, 0.4) is 0 Å². The molecule has 2 aromatic rings. The topological polar surface area (TPSA) is 58.0 Å². The van der Waals surface area contributed by atoms with Crippen molar-refractivity contribution in [1.82, 2.24) is 9.97 Å². The van der Waals surface area contributed by atoms with Crippen molar-refractivity contribution in [2.24, 2.45) is 0 Å². The summed E-state index contributed by atoms with van der Waals surface area (Å²) in [5.74, 6) is 0.000429. The minimum atomic E-state index is -0.330. The molecule has 5 heteroatoms. The summed E-state index contributed by atoms with van der Waals surface area (Å²) in [6.07, 6.45) is 1.53. The van der Waals surface area contributed by atoms with Gasteiger partial charge in [-0.05, 0) is 24.3 Å². The Morgan fingerprint density at radius 1 is 1.31 bits per heavy atom. The number of aliphatic hydroxyl groups is 1. The molecule has 0 unspecified atom stereocenters. The lowest BCUT2D eigenvalue weighted by Gasteiger charge is -2.05. The highest BCUT2D eigenvalue weighted by molar-refractivity contribution is 5.52. The number of hydrogen-bond acceptors (Lipinski definition) is 4. The average molecular weight is 219 g/mol. The normalized spacial score (nSPS) is 10.1. The first-order chi connectivity index (χ1) is 7.78. The van der Waals surface area contributed by atoms with Crippen LogP contribution >= 0.6 is 0 Å². The molecule has 4 nitrogen and oxygen atoms in total. The first-order valence-electron chi connectivity index (χ1n) is 4.73. The summed E-state index contributed by atoms with van der Waals surface area (Å²) in [5.41, 5.74) is 1.07. The third-order valence-electron chi connectivity index (χ3n) is 1.96. The summed E-state index contributed by atoms with van der Waals surface area (Å²) in [5, 5.41) is 11.7. The molecule has 82 valence electrons. The van der Waals surface area contributed by atoms with Gasteiger partial charge in [-0.25, -0.2) is 14.4 Å². The monoisotopic (exact) mass is 219 g/mol. The maximum Gasteiger partial charge on any atom is 0.227 e. The second kappa shape index (κ2) is 4.67. The molecule has 0 spiro atoms. The molecular weight excluding hydrogens is 209 g/mol. The maximum absolute atomic E-state index is 12.9. The number of aromatic nitrogens is 2. The van der Waals surface area contributed by atoms with Crippen molar-refractivity contribution in [3.8, 4) is 0 Å². The predicted octanol–water partition coefficient (Wildman–Crippen LogP) is 1.85. The fourth-order valence-corrected chi connectivity index (χ4v) is 1.24. The van der Waals surface area contributed by atoms with Crippen LogP contribution in [0.5, 0.6) is 0 Å². The van der Waals surface area contributed by atoms with Crippen LogP contribution in [0.15, 0.2) is 36.5 Å². The van der Waals surface area contributed by atoms with Crippen molar-refractivity contribution >= 4 is 11.6 Å². The molecular formula is C11H10FN3O. The lowest BCUT2D eigenvalue weighted by Crippen LogP contribution is -1.99. The van der Waals surface area contributed by atoms with Crippen molar-refractivity contribution < 1.29 is 9.50 Å². The Morgan fingerprint density at radius 2 is 2.19 bits per heavy atom. The van der Waals surface area contributed by atoms with Gasteiger partial charge in [0.25, 0.3) is 0 Å². The predicted molar refractivity (Wildman–Crippen MR) is 57.6 cm³/mol. The van der Waals surface area contributed by atoms with Crippen molar-refractivity contribution in [2.45, 2.75) is 6.61 Å². The van der Waals surface area contributed by atoms with E-state index in [0.29, 0.717) is 17.3 Å². The van der Waals surface area contributed by atoms with E-state index in [-0.39, 0.29) is 12.4 Å². The third kappa shape index (κ3) is 2.52. The van der Waals surface area contributed by atoms with E-state index < -0.39 is 0 Å². The van der Waals surface area contributed by atoms with Crippen LogP contribution in [0.1, 0.15) is 5.69 Å². The minimum absolute atomic E-state index is 0.152. The number of rotatable bonds is 3. The molecule has 0 saturated heterocycles. The molecule has 0 aliphatic carbocycles. The molecule has 0 radical (unpaired) electrons. The van der Waals surface area contributed by atoms with E-state index in [9.17, 15) is 4.39 Å². The van der Waals surface area contributed by atoms with E-state index in [0.717, 1.165) is 0 Å². The highest BCUT2D eigenvalue weighted by atomic mass is 19.1. The van der Waals surface area contributed by atoms with Gasteiger partial charge in [0, 0.05) is 11.9 Å². The van der Waals surface area contributed by atoms with Crippen LogP contribution in [0.4, 0.5) is 16.0 Å². The van der Waals surface area contributed by atoms with Crippen LogP contribution in [0.25, 0.3) is 0 Å². The van der Waals surface area contributed by atoms with Gasteiger partial charge in [0.15, 0.2) is 0 Å². The van der Waals surface area contributed by atoms with Crippen molar-refractivity contribution in [3.05, 3.63) is 48.0 Å². The standard InChI is InChI=1S/C11H10FN3O/c12-8-2-1-3-9(6-8)14-11-13-5-4-10(7-16)15-11/h1-6,16H,7H2,(H,13,14,15). The maximum atomic E-state index is 12.9. The molecule has 0 aliphatic rings. The van der Waals surface area contributed by atoms with Crippen LogP contribution in [-0.2, 0) is 6.61 Å². The van der Waals surface area contributed by atoms with Gasteiger partial charge >= 0.3 is 0 Å². The first kappa shape index (κ1) is 10.5. The molecule has 1 aromatic carbocycles. The molecule has 1 heterocycles. The average Bonchev–Trinajstić information content (AvgIpc) is 2.29. The smallest absolute Gasteiger partial charge is 0.227 e. The highest BCUT2D eigenvalue weighted by Gasteiger charge is 2.00. The number of hydrogen-bond donors (Lipinski definition) is 2. The number of halogens is 1. The van der Waals surface area contributed by atoms with Gasteiger partial charge in [-0.3, -0.25) is 0 Å². The Balaban J connectivity index is 2.20. The van der Waals surface area contributed by atoms with Crippen molar-refractivity contribution in [3.63, 3.8) is 0 Å². The molecule has 1 aromatic heterocycles. The van der Waals surface area contributed by atoms with E-state index in [1.54, 1.807) is 18.2 Å². The van der Waals surface area contributed by atoms with Crippen LogP contribution in [-0.4, -0.2) is 15.1 Å². The molecule has 0 fully saturated rings. The summed E-state index contributed by atoms with van der Waals surface area (Å²) >= 11 is 0. The zero-order valence-corrected chi connectivity index (χ0v) is 8.39. The molecule has 16 heavy (non-hydrogen) atoms. The number of aliphatic hydroxyl groups excluding tert-OH is 1. The van der Waals surface area contributed by atoms with Gasteiger partial charge in [-0.15, -0.1) is 0 Å². The molecule has 2 N–H and O–H groups in total. The summed E-state index contributed by atoms with van der Waals surface area (Å²) < 4.78 is 12.9. The lowest BCUT2D eigenvalue weighted by atomic mass is 10.3. The molecule has 0 amide bonds. The summed E-state index contributed by atoms with van der Waals surface area (Å²) in [4.78, 5) is 7.98. The molecule has 0 aliphatic heterocycles. The van der Waals surface area contributed by atoms with E-state index in [2.05, 4.69) is 15.3 Å². The van der Waals surface area contributed by atoms with E-state index in [1.165, 1.54) is 18.3 Å². The molecule has 0 atom stereocenters. The number of nitrogens with one attached hydrogen (secondary N) is 1. The number of benzene rings is 1. The van der Waals surface area contributed by atoms with Gasteiger partial charge in [0.1, 0.15) is 5.82 Å². The van der Waals surface area contributed by atoms with E-state index in [1.807, 2.05) is 0 Å². The van der Waals surface area contributed by atoms with Gasteiger partial charge in [0.05, 0.1) is 12.3 Å². The van der Waals surface area contributed by atoms with E-state index in [4.69, 9.17) is 5.11 Å². The second-order valence-electron chi connectivity index (χ2n) is 3.17. The fourth-order valence-electron chi connectivity index (χ4n) is 1.24. The van der Waals surface area contributed by atoms with E-state index >= 15 is 0 Å². The Bertz CT molecular complexity index is 490. The molecule has 0 saturated carbocycles. The summed E-state index contributed by atoms with van der Waals surface area (Å²) in [6, 6.07) is 7.60. The van der Waals surface area contributed by atoms with Gasteiger partial charge < -0.3 is 10.4 Å². The minimum Gasteiger partial charge on any atom is -0.390 e. The molecule has 0 bridgehead atoms. The van der Waals surface area contributed by atoms with Crippen LogP contribution in [0, 0.1) is 5.82 Å². The number of anilines is 2. The lowest BCUT2D eigenvalue weighted by molar-refractivity contribution is 0.277. The number of nitrogens with zero attached hydrogens (tertiary/aromatic N) is 2. The zero-order valence-electron chi connectivity index (χ0n) is 8.39. The highest BCUT2D eigenvalue weighted by Crippen LogP contribution is 2.13. The Labute approximate surface area is 91.8 Å². The van der Waals surface area contributed by atoms with Gasteiger partial charge in [0.2, 0.25) is 5.95 Å². The Kier molecular flexibility index (Phi) is 3.07. The quantitative estimate of drug-likeness (QED) is 0.827. The second-order valence-corrected chi connectivity index (χ2v) is 3.17. The zero-order chi connectivity index (χ0) is 11.4. The van der Waals surface area contributed by atoms with Crippen molar-refractivity contribution in [1.29, 1.82) is 0 Å². The van der Waals surface area contributed by atoms with Crippen molar-refractivity contribution in [2.75, 3.05) is 5.32 Å². The van der Waals surface area contributed by atoms with Crippen LogP contribution < -0.4 is 5.32 Å². The van der Waals surface area contributed by atoms with Gasteiger partial charge in [-0.1, -0.05) is 6.07 Å². The fraction of sp³-hybridized carbons (Fsp3) is 0.0909. The SMILES string of the molecule is OCc1ccnc(Nc2cccc(F)c2)n1. The first-order valence-corrected chi connectivity index (χ1v) is 4.73. The summed E-state index contributed by atoms with van der Waals surface area (Å²) in [7, 11) is 0. The van der Waals surface area contributed by atoms with Gasteiger partial charge in [-0.2, -0.15) is 0 Å². The third-order valence-corrected chi connectivity index (χ3v) is 1.96.